The number of allylic oxidation sites excluding steroid dienone is 2. The number of aromatic hydroxyl groups is 1. The van der Waals surface area contributed by atoms with Gasteiger partial charge in [0.15, 0.2) is 0 Å². The molecule has 1 aliphatic carbocycles. The van der Waals surface area contributed by atoms with Crippen molar-refractivity contribution in [1.29, 1.82) is 0 Å². The lowest BCUT2D eigenvalue weighted by Gasteiger charge is -2.35. The number of likely N-dealkylation sites (tertiary alicyclic amines) is 1. The normalized spacial score (nSPS) is 23.9. The molecule has 0 radical (unpaired) electrons. The van der Waals surface area contributed by atoms with Crippen molar-refractivity contribution in [2.75, 3.05) is 13.7 Å². The summed E-state index contributed by atoms with van der Waals surface area (Å²) in [4.78, 5) is 30.8. The molecule has 2 aromatic rings. The Morgan fingerprint density at radius 2 is 2.00 bits per heavy atom. The summed E-state index contributed by atoms with van der Waals surface area (Å²) in [6.45, 7) is 1.57. The number of imide groups is 1. The van der Waals surface area contributed by atoms with Gasteiger partial charge < -0.3 is 15.3 Å². The topological polar surface area (TPSA) is 111 Å². The minimum atomic E-state index is -0.872. The van der Waals surface area contributed by atoms with Crippen LogP contribution in [0.5, 0.6) is 5.75 Å². The first-order valence-electron chi connectivity index (χ1n) is 11.5. The van der Waals surface area contributed by atoms with Crippen molar-refractivity contribution >= 4 is 23.5 Å². The lowest BCUT2D eigenvalue weighted by Crippen LogP contribution is -2.38. The Labute approximate surface area is 199 Å². The van der Waals surface area contributed by atoms with Gasteiger partial charge in [0.2, 0.25) is 11.8 Å². The van der Waals surface area contributed by atoms with E-state index in [1.807, 2.05) is 37.3 Å². The number of aliphatic hydroxyl groups excluding tert-OH is 2. The van der Waals surface area contributed by atoms with Crippen LogP contribution in [-0.4, -0.2) is 56.8 Å². The van der Waals surface area contributed by atoms with E-state index < -0.39 is 23.9 Å². The molecule has 34 heavy (non-hydrogen) atoms. The molecule has 2 amide bonds. The summed E-state index contributed by atoms with van der Waals surface area (Å²) in [5.41, 5.74) is 4.00. The SMILES string of the molecule is CC1=C([C@H](O)CC/C(=C/c2cccc(O)c2)c2ccccn2)[C@H](CO)[C@@H]2C(=O)N(C)C(=O)[C@@H]2C1. The fourth-order valence-corrected chi connectivity index (χ4v) is 5.36. The predicted octanol–water partition coefficient (Wildman–Crippen LogP) is 3.03. The van der Waals surface area contributed by atoms with Crippen LogP contribution >= 0.6 is 0 Å². The van der Waals surface area contributed by atoms with Crippen molar-refractivity contribution < 1.29 is 24.9 Å². The second-order valence-corrected chi connectivity index (χ2v) is 9.13. The van der Waals surface area contributed by atoms with E-state index in [9.17, 15) is 24.9 Å². The standard InChI is InChI=1S/C27H30N2O5/c1-16-12-20-25(27(34)29(2)26(20)33)21(15-30)24(16)23(32)10-9-18(22-8-3-4-11-28-22)13-17-6-5-7-19(31)14-17/h3-8,11,13-14,20-21,23,25,30-32H,9-10,12,15H2,1-2H3/b18-13-/t20-,21+,23-,25-/m1/s1. The quantitative estimate of drug-likeness (QED) is 0.431. The minimum Gasteiger partial charge on any atom is -0.508 e. The Hall–Kier alpha value is -3.29. The first-order valence-corrected chi connectivity index (χ1v) is 11.5. The van der Waals surface area contributed by atoms with E-state index in [0.29, 0.717) is 24.8 Å². The summed E-state index contributed by atoms with van der Waals surface area (Å²) in [5, 5.41) is 31.2. The molecular formula is C27H30N2O5. The van der Waals surface area contributed by atoms with Crippen LogP contribution in [0, 0.1) is 17.8 Å². The van der Waals surface area contributed by atoms with E-state index in [1.54, 1.807) is 24.4 Å². The molecule has 4 rings (SSSR count). The van der Waals surface area contributed by atoms with Gasteiger partial charge in [-0.25, -0.2) is 0 Å². The molecule has 7 nitrogen and oxygen atoms in total. The third-order valence-corrected chi connectivity index (χ3v) is 7.00. The number of nitrogens with zero attached hydrogens (tertiary/aromatic N) is 2. The molecule has 4 atom stereocenters. The predicted molar refractivity (Wildman–Crippen MR) is 128 cm³/mol. The van der Waals surface area contributed by atoms with Crippen molar-refractivity contribution in [1.82, 2.24) is 9.88 Å². The maximum absolute atomic E-state index is 12.7. The molecule has 2 aliphatic rings. The number of carbonyl (C=O) groups excluding carboxylic acids is 2. The Kier molecular flexibility index (Phi) is 6.95. The molecule has 0 bridgehead atoms. The molecule has 1 fully saturated rings. The van der Waals surface area contributed by atoms with E-state index in [4.69, 9.17) is 0 Å². The lowest BCUT2D eigenvalue weighted by molar-refractivity contribution is -0.138. The first kappa shape index (κ1) is 23.9. The van der Waals surface area contributed by atoms with E-state index in [0.717, 1.165) is 27.3 Å². The van der Waals surface area contributed by atoms with Gasteiger partial charge in [0.1, 0.15) is 5.75 Å². The Morgan fingerprint density at radius 3 is 2.68 bits per heavy atom. The van der Waals surface area contributed by atoms with Crippen molar-refractivity contribution in [3.63, 3.8) is 0 Å². The summed E-state index contributed by atoms with van der Waals surface area (Å²) in [6, 6.07) is 12.5. The van der Waals surface area contributed by atoms with Gasteiger partial charge >= 0.3 is 0 Å². The van der Waals surface area contributed by atoms with Gasteiger partial charge in [-0.3, -0.25) is 19.5 Å². The van der Waals surface area contributed by atoms with Gasteiger partial charge in [-0.05, 0) is 73.2 Å². The number of phenolic OH excluding ortho intramolecular Hbond substituents is 1. The highest BCUT2D eigenvalue weighted by Crippen LogP contribution is 2.45. The molecule has 1 aliphatic heterocycles. The largest absolute Gasteiger partial charge is 0.508 e. The van der Waals surface area contributed by atoms with Crippen LogP contribution < -0.4 is 0 Å². The highest BCUT2D eigenvalue weighted by atomic mass is 16.3. The number of aliphatic hydroxyl groups is 2. The second kappa shape index (κ2) is 9.91. The van der Waals surface area contributed by atoms with Gasteiger partial charge in [0.25, 0.3) is 0 Å². The number of hydrogen-bond donors (Lipinski definition) is 3. The molecule has 7 heteroatoms. The van der Waals surface area contributed by atoms with E-state index in [-0.39, 0.29) is 24.2 Å². The number of amides is 2. The molecule has 0 spiro atoms. The molecule has 0 saturated carbocycles. The monoisotopic (exact) mass is 462 g/mol. The van der Waals surface area contributed by atoms with Gasteiger partial charge in [0.05, 0.1) is 30.2 Å². The number of aromatic nitrogens is 1. The highest BCUT2D eigenvalue weighted by molar-refractivity contribution is 6.05. The number of benzene rings is 1. The van der Waals surface area contributed by atoms with Gasteiger partial charge in [-0.2, -0.15) is 0 Å². The van der Waals surface area contributed by atoms with Crippen LogP contribution in [0.4, 0.5) is 0 Å². The fourth-order valence-electron chi connectivity index (χ4n) is 5.36. The average Bonchev–Trinajstić information content (AvgIpc) is 3.04. The summed E-state index contributed by atoms with van der Waals surface area (Å²) >= 11 is 0. The van der Waals surface area contributed by atoms with E-state index in [1.165, 1.54) is 7.05 Å². The average molecular weight is 463 g/mol. The second-order valence-electron chi connectivity index (χ2n) is 9.13. The Morgan fingerprint density at radius 1 is 1.21 bits per heavy atom. The maximum atomic E-state index is 12.7. The molecular weight excluding hydrogens is 432 g/mol. The van der Waals surface area contributed by atoms with Crippen LogP contribution in [0.1, 0.15) is 37.4 Å². The van der Waals surface area contributed by atoms with Crippen molar-refractivity contribution in [3.05, 3.63) is 71.1 Å². The van der Waals surface area contributed by atoms with Gasteiger partial charge in [-0.1, -0.05) is 23.8 Å². The molecule has 178 valence electrons. The molecule has 0 unspecified atom stereocenters. The molecule has 1 aromatic heterocycles. The molecule has 1 saturated heterocycles. The Bertz CT molecular complexity index is 1140. The number of hydrogen-bond acceptors (Lipinski definition) is 6. The first-order chi connectivity index (χ1) is 16.3. The lowest BCUT2D eigenvalue weighted by atomic mass is 9.68. The fraction of sp³-hybridized carbons (Fsp3) is 0.370. The Balaban J connectivity index is 1.59. The van der Waals surface area contributed by atoms with Gasteiger partial charge in [-0.15, -0.1) is 0 Å². The third-order valence-electron chi connectivity index (χ3n) is 7.00. The zero-order valence-corrected chi connectivity index (χ0v) is 19.4. The van der Waals surface area contributed by atoms with E-state index in [2.05, 4.69) is 4.98 Å². The zero-order valence-electron chi connectivity index (χ0n) is 19.4. The minimum absolute atomic E-state index is 0.165. The molecule has 3 N–H and O–H groups in total. The van der Waals surface area contributed by atoms with Crippen LogP contribution in [0.25, 0.3) is 11.6 Å². The summed E-state index contributed by atoms with van der Waals surface area (Å²) < 4.78 is 0. The summed E-state index contributed by atoms with van der Waals surface area (Å²) in [5.74, 6) is -2.02. The van der Waals surface area contributed by atoms with Crippen molar-refractivity contribution in [3.8, 4) is 5.75 Å². The number of rotatable bonds is 7. The highest BCUT2D eigenvalue weighted by Gasteiger charge is 2.53. The summed E-state index contributed by atoms with van der Waals surface area (Å²) in [6.07, 6.45) is 4.03. The zero-order chi connectivity index (χ0) is 24.4. The van der Waals surface area contributed by atoms with Gasteiger partial charge in [0, 0.05) is 19.2 Å². The summed E-state index contributed by atoms with van der Waals surface area (Å²) in [7, 11) is 1.48. The van der Waals surface area contributed by atoms with Crippen LogP contribution in [0.2, 0.25) is 0 Å². The third kappa shape index (κ3) is 4.54. The van der Waals surface area contributed by atoms with Crippen molar-refractivity contribution in [2.24, 2.45) is 17.8 Å². The number of pyridine rings is 1. The number of fused-ring (bicyclic) bond motifs is 1. The van der Waals surface area contributed by atoms with Crippen LogP contribution in [0.15, 0.2) is 59.8 Å². The molecule has 2 heterocycles. The maximum Gasteiger partial charge on any atom is 0.233 e. The number of carbonyl (C=O) groups is 2. The van der Waals surface area contributed by atoms with E-state index >= 15 is 0 Å². The van der Waals surface area contributed by atoms with Crippen LogP contribution in [0.3, 0.4) is 0 Å². The molecule has 1 aromatic carbocycles. The van der Waals surface area contributed by atoms with Crippen molar-refractivity contribution in [2.45, 2.75) is 32.3 Å². The van der Waals surface area contributed by atoms with Crippen LogP contribution in [-0.2, 0) is 9.59 Å². The smallest absolute Gasteiger partial charge is 0.233 e. The number of phenols is 1.